The van der Waals surface area contributed by atoms with Crippen molar-refractivity contribution in [1.29, 1.82) is 0 Å². The van der Waals surface area contributed by atoms with Gasteiger partial charge < -0.3 is 10.1 Å². The predicted molar refractivity (Wildman–Crippen MR) is 51.5 cm³/mol. The monoisotopic (exact) mass is 185 g/mol. The van der Waals surface area contributed by atoms with E-state index in [0.29, 0.717) is 17.9 Å². The quantitative estimate of drug-likeness (QED) is 0.680. The van der Waals surface area contributed by atoms with E-state index in [9.17, 15) is 4.79 Å². The van der Waals surface area contributed by atoms with Crippen molar-refractivity contribution in [3.8, 4) is 0 Å². The van der Waals surface area contributed by atoms with Crippen molar-refractivity contribution in [2.24, 2.45) is 11.8 Å². The Balaban J connectivity index is 2.27. The van der Waals surface area contributed by atoms with Crippen LogP contribution in [0.1, 0.15) is 34.6 Å². The van der Waals surface area contributed by atoms with E-state index in [1.807, 2.05) is 20.8 Å². The molecule has 0 spiro atoms. The van der Waals surface area contributed by atoms with Gasteiger partial charge in [0.2, 0.25) is 0 Å². The highest BCUT2D eigenvalue weighted by atomic mass is 16.6. The Morgan fingerprint density at radius 3 is 2.00 bits per heavy atom. The molecular formula is C10H19NO2. The number of ether oxygens (including phenoxy) is 1. The van der Waals surface area contributed by atoms with Crippen LogP contribution in [0.2, 0.25) is 0 Å². The van der Waals surface area contributed by atoms with Crippen LogP contribution in [-0.2, 0) is 4.74 Å². The molecule has 1 saturated carbocycles. The van der Waals surface area contributed by atoms with Gasteiger partial charge in [-0.05, 0) is 32.6 Å². The molecule has 1 rings (SSSR count). The van der Waals surface area contributed by atoms with Gasteiger partial charge in [-0.3, -0.25) is 0 Å². The Labute approximate surface area is 79.8 Å². The van der Waals surface area contributed by atoms with Crippen molar-refractivity contribution >= 4 is 6.09 Å². The molecular weight excluding hydrogens is 166 g/mol. The van der Waals surface area contributed by atoms with E-state index in [-0.39, 0.29) is 6.09 Å². The lowest BCUT2D eigenvalue weighted by molar-refractivity contribution is 0.0519. The normalized spacial score (nSPS) is 32.5. The maximum Gasteiger partial charge on any atom is 0.407 e. The van der Waals surface area contributed by atoms with E-state index in [0.717, 1.165) is 0 Å². The highest BCUT2D eigenvalue weighted by Crippen LogP contribution is 2.37. The molecule has 3 heteroatoms. The van der Waals surface area contributed by atoms with E-state index >= 15 is 0 Å². The van der Waals surface area contributed by atoms with Crippen LogP contribution in [-0.4, -0.2) is 17.7 Å². The summed E-state index contributed by atoms with van der Waals surface area (Å²) in [6.07, 6.45) is -0.297. The molecule has 0 heterocycles. The number of hydrogen-bond donors (Lipinski definition) is 1. The molecule has 0 radical (unpaired) electrons. The zero-order valence-electron chi connectivity index (χ0n) is 9.05. The number of amides is 1. The fourth-order valence-corrected chi connectivity index (χ4v) is 1.37. The standard InChI is InChI=1S/C10H19NO2/c1-6-7(2)8(6)11-9(12)13-10(3,4)5/h6-8H,1-5H3,(H,11,12). The van der Waals surface area contributed by atoms with E-state index in [2.05, 4.69) is 19.2 Å². The third kappa shape index (κ3) is 2.90. The Bertz CT molecular complexity index is 199. The largest absolute Gasteiger partial charge is 0.444 e. The van der Waals surface area contributed by atoms with Gasteiger partial charge in [0.05, 0.1) is 0 Å². The van der Waals surface area contributed by atoms with Crippen LogP contribution >= 0.6 is 0 Å². The molecule has 0 bridgehead atoms. The van der Waals surface area contributed by atoms with Gasteiger partial charge in [-0.2, -0.15) is 0 Å². The SMILES string of the molecule is CC1C(C)C1NC(=O)OC(C)(C)C. The summed E-state index contributed by atoms with van der Waals surface area (Å²) in [6, 6.07) is 0.315. The van der Waals surface area contributed by atoms with Crippen molar-refractivity contribution < 1.29 is 9.53 Å². The molecule has 1 aliphatic carbocycles. The Morgan fingerprint density at radius 2 is 1.69 bits per heavy atom. The summed E-state index contributed by atoms with van der Waals surface area (Å²) in [6.45, 7) is 9.87. The molecule has 0 aromatic rings. The number of nitrogens with one attached hydrogen (secondary N) is 1. The Hall–Kier alpha value is -0.730. The lowest BCUT2D eigenvalue weighted by Crippen LogP contribution is -2.34. The molecule has 0 aromatic carbocycles. The lowest BCUT2D eigenvalue weighted by atomic mass is 10.2. The van der Waals surface area contributed by atoms with Gasteiger partial charge in [0, 0.05) is 6.04 Å². The van der Waals surface area contributed by atoms with E-state index in [1.165, 1.54) is 0 Å². The average Bonchev–Trinajstić information content (AvgIpc) is 2.40. The maximum absolute atomic E-state index is 11.3. The van der Waals surface area contributed by atoms with Crippen molar-refractivity contribution in [2.45, 2.75) is 46.3 Å². The minimum Gasteiger partial charge on any atom is -0.444 e. The molecule has 76 valence electrons. The first-order valence-electron chi connectivity index (χ1n) is 4.81. The van der Waals surface area contributed by atoms with Crippen LogP contribution in [0.5, 0.6) is 0 Å². The third-order valence-corrected chi connectivity index (χ3v) is 2.50. The molecule has 0 aliphatic heterocycles. The first kappa shape index (κ1) is 10.4. The summed E-state index contributed by atoms with van der Waals surface area (Å²) in [7, 11) is 0. The summed E-state index contributed by atoms with van der Waals surface area (Å²) in [5, 5.41) is 2.85. The van der Waals surface area contributed by atoms with Crippen molar-refractivity contribution in [3.05, 3.63) is 0 Å². The lowest BCUT2D eigenvalue weighted by Gasteiger charge is -2.19. The van der Waals surface area contributed by atoms with Crippen LogP contribution in [0.4, 0.5) is 4.79 Å². The molecule has 0 saturated heterocycles. The van der Waals surface area contributed by atoms with Gasteiger partial charge in [-0.25, -0.2) is 4.79 Å². The molecule has 2 unspecified atom stereocenters. The topological polar surface area (TPSA) is 38.3 Å². The van der Waals surface area contributed by atoms with E-state index < -0.39 is 5.60 Å². The Kier molecular flexibility index (Phi) is 2.55. The van der Waals surface area contributed by atoms with Gasteiger partial charge in [0.1, 0.15) is 5.60 Å². The van der Waals surface area contributed by atoms with Crippen LogP contribution in [0.25, 0.3) is 0 Å². The highest BCUT2D eigenvalue weighted by Gasteiger charge is 2.44. The molecule has 0 aromatic heterocycles. The van der Waals surface area contributed by atoms with Crippen LogP contribution < -0.4 is 5.32 Å². The van der Waals surface area contributed by atoms with E-state index in [4.69, 9.17) is 4.74 Å². The minimum atomic E-state index is -0.397. The highest BCUT2D eigenvalue weighted by molar-refractivity contribution is 5.68. The minimum absolute atomic E-state index is 0.297. The van der Waals surface area contributed by atoms with Crippen LogP contribution in [0.15, 0.2) is 0 Å². The first-order valence-corrected chi connectivity index (χ1v) is 4.81. The molecule has 13 heavy (non-hydrogen) atoms. The van der Waals surface area contributed by atoms with Gasteiger partial charge >= 0.3 is 6.09 Å². The van der Waals surface area contributed by atoms with Crippen molar-refractivity contribution in [2.75, 3.05) is 0 Å². The van der Waals surface area contributed by atoms with Crippen molar-refractivity contribution in [1.82, 2.24) is 5.32 Å². The smallest absolute Gasteiger partial charge is 0.407 e. The molecule has 1 N–H and O–H groups in total. The summed E-state index contributed by atoms with van der Waals surface area (Å²) in [5.74, 6) is 1.18. The fraction of sp³-hybridized carbons (Fsp3) is 0.900. The number of hydrogen-bond acceptors (Lipinski definition) is 2. The summed E-state index contributed by atoms with van der Waals surface area (Å²) >= 11 is 0. The van der Waals surface area contributed by atoms with Crippen LogP contribution in [0, 0.1) is 11.8 Å². The van der Waals surface area contributed by atoms with Crippen molar-refractivity contribution in [3.63, 3.8) is 0 Å². The van der Waals surface area contributed by atoms with Gasteiger partial charge in [-0.15, -0.1) is 0 Å². The van der Waals surface area contributed by atoms with E-state index in [1.54, 1.807) is 0 Å². The average molecular weight is 185 g/mol. The molecule has 3 nitrogen and oxygen atoms in total. The summed E-state index contributed by atoms with van der Waals surface area (Å²) < 4.78 is 5.14. The second-order valence-electron chi connectivity index (χ2n) is 4.89. The third-order valence-electron chi connectivity index (χ3n) is 2.50. The number of carbonyl (C=O) groups is 1. The van der Waals surface area contributed by atoms with Gasteiger partial charge in [-0.1, -0.05) is 13.8 Å². The fourth-order valence-electron chi connectivity index (χ4n) is 1.37. The molecule has 1 amide bonds. The van der Waals surface area contributed by atoms with Gasteiger partial charge in [0.25, 0.3) is 0 Å². The summed E-state index contributed by atoms with van der Waals surface area (Å²) in [5.41, 5.74) is -0.397. The number of carbonyl (C=O) groups excluding carboxylic acids is 1. The molecule has 1 aliphatic rings. The second kappa shape index (κ2) is 3.20. The van der Waals surface area contributed by atoms with Gasteiger partial charge in [0.15, 0.2) is 0 Å². The second-order valence-corrected chi connectivity index (χ2v) is 4.89. The first-order chi connectivity index (χ1) is 5.81. The molecule has 1 fully saturated rings. The zero-order chi connectivity index (χ0) is 10.2. The number of rotatable bonds is 1. The predicted octanol–water partition coefficient (Wildman–Crippen LogP) is 2.17. The Morgan fingerprint density at radius 1 is 1.23 bits per heavy atom. The van der Waals surface area contributed by atoms with Crippen LogP contribution in [0.3, 0.4) is 0 Å². The number of alkyl carbamates (subject to hydrolysis) is 1. The maximum atomic E-state index is 11.3. The summed E-state index contributed by atoms with van der Waals surface area (Å²) in [4.78, 5) is 11.3. The molecule has 2 atom stereocenters. The zero-order valence-corrected chi connectivity index (χ0v) is 9.05.